The van der Waals surface area contributed by atoms with Crippen LogP contribution in [0.3, 0.4) is 0 Å². The number of aliphatic hydroxyl groups is 1. The molecule has 0 amide bonds. The smallest absolute Gasteiger partial charge is 0.508 e. The van der Waals surface area contributed by atoms with E-state index in [0.29, 0.717) is 17.1 Å². The zero-order chi connectivity index (χ0) is 28.4. The van der Waals surface area contributed by atoms with Crippen molar-refractivity contribution in [3.63, 3.8) is 0 Å². The van der Waals surface area contributed by atoms with E-state index < -0.39 is 23.9 Å². The van der Waals surface area contributed by atoms with Crippen LogP contribution in [0.4, 0.5) is 24.5 Å². The summed E-state index contributed by atoms with van der Waals surface area (Å²) in [4.78, 5) is 17.7. The van der Waals surface area contributed by atoms with Gasteiger partial charge in [-0.3, -0.25) is 0 Å². The molecule has 2 N–H and O–H groups in total. The first kappa shape index (κ1) is 27.1. The van der Waals surface area contributed by atoms with Crippen LogP contribution in [-0.4, -0.2) is 57.1 Å². The highest BCUT2D eigenvalue weighted by Gasteiger charge is 2.31. The lowest BCUT2D eigenvalue weighted by Crippen LogP contribution is -2.46. The predicted octanol–water partition coefficient (Wildman–Crippen LogP) is 4.01. The van der Waals surface area contributed by atoms with Crippen LogP contribution in [0.1, 0.15) is 17.5 Å². The van der Waals surface area contributed by atoms with Crippen molar-refractivity contribution in [2.75, 3.05) is 36.0 Å². The van der Waals surface area contributed by atoms with Crippen molar-refractivity contribution < 1.29 is 28.1 Å². The maximum atomic E-state index is 13.1. The molecule has 1 atom stereocenters. The number of anilines is 2. The molecule has 4 aromatic rings. The molecule has 12 heteroatoms. The van der Waals surface area contributed by atoms with Gasteiger partial charge >= 0.3 is 12.1 Å². The van der Waals surface area contributed by atoms with Gasteiger partial charge in [-0.25, -0.2) is 14.0 Å². The molecule has 2 heterocycles. The first-order valence-electron chi connectivity index (χ1n) is 12.7. The fraction of sp³-hybridized carbons (Fsp3) is 0.286. The van der Waals surface area contributed by atoms with E-state index in [0.717, 1.165) is 54.4 Å². The number of aryl methyl sites for hydroxylation is 1. The largest absolute Gasteiger partial charge is 0.573 e. The number of hydrogen-bond donors (Lipinski definition) is 2. The van der Waals surface area contributed by atoms with Crippen molar-refractivity contribution >= 4 is 11.4 Å². The summed E-state index contributed by atoms with van der Waals surface area (Å²) in [5.74, 6) is 0.275. The fourth-order valence-corrected chi connectivity index (χ4v) is 4.79. The van der Waals surface area contributed by atoms with Crippen LogP contribution >= 0.6 is 0 Å². The zero-order valence-corrected chi connectivity index (χ0v) is 21.6. The van der Waals surface area contributed by atoms with Crippen molar-refractivity contribution in [3.8, 4) is 17.2 Å². The second kappa shape index (κ2) is 11.0. The number of alkyl halides is 3. The molecule has 0 radical (unpaired) electrons. The maximum absolute atomic E-state index is 13.1. The van der Waals surface area contributed by atoms with Crippen LogP contribution in [0, 0.1) is 6.92 Å². The molecule has 1 saturated heterocycles. The highest BCUT2D eigenvalue weighted by atomic mass is 19.4. The van der Waals surface area contributed by atoms with Gasteiger partial charge in [0.25, 0.3) is 0 Å². The third-order valence-electron chi connectivity index (χ3n) is 6.81. The van der Waals surface area contributed by atoms with E-state index in [-0.39, 0.29) is 12.3 Å². The number of aromatic hydroxyl groups is 1. The summed E-state index contributed by atoms with van der Waals surface area (Å²) >= 11 is 0. The summed E-state index contributed by atoms with van der Waals surface area (Å²) in [6.45, 7) is 4.81. The van der Waals surface area contributed by atoms with Gasteiger partial charge in [0.2, 0.25) is 0 Å². The number of nitrogens with zero attached hydrogens (tertiary/aromatic N) is 5. The number of halogens is 3. The van der Waals surface area contributed by atoms with Gasteiger partial charge in [0.05, 0.1) is 18.3 Å². The van der Waals surface area contributed by atoms with E-state index in [1.165, 1.54) is 16.7 Å². The number of ether oxygens (including phenoxy) is 1. The average molecular weight is 556 g/mol. The molecule has 1 unspecified atom stereocenters. The van der Waals surface area contributed by atoms with Gasteiger partial charge in [-0.2, -0.15) is 5.10 Å². The Balaban J connectivity index is 1.24. The van der Waals surface area contributed by atoms with Gasteiger partial charge in [0, 0.05) is 37.6 Å². The topological polar surface area (TPSA) is 96.0 Å². The number of piperazine rings is 1. The molecule has 1 fully saturated rings. The quantitative estimate of drug-likeness (QED) is 0.356. The molecule has 0 saturated carbocycles. The van der Waals surface area contributed by atoms with Gasteiger partial charge < -0.3 is 24.7 Å². The number of phenols is 1. The second-order valence-electron chi connectivity index (χ2n) is 9.49. The Bertz CT molecular complexity index is 1490. The van der Waals surface area contributed by atoms with Crippen LogP contribution < -0.4 is 20.2 Å². The summed E-state index contributed by atoms with van der Waals surface area (Å²) in [7, 11) is 0. The van der Waals surface area contributed by atoms with Crippen molar-refractivity contribution in [1.82, 2.24) is 14.3 Å². The van der Waals surface area contributed by atoms with Crippen molar-refractivity contribution in [2.24, 2.45) is 0 Å². The standard InChI is InChI=1S/C28H28F3N5O4/c1-19-32-35(18-26(38)20-2-12-25(13-3-20)40-28(29,30)31)27(39)36(19)23-6-4-21(5-7-23)33-14-16-34(17-15-33)22-8-10-24(37)11-9-22/h2-13,26,37-38H,14-18H2,1H3. The first-order valence-corrected chi connectivity index (χ1v) is 12.7. The Hall–Kier alpha value is -4.45. The molecule has 210 valence electrons. The highest BCUT2D eigenvalue weighted by molar-refractivity contribution is 5.54. The Kier molecular flexibility index (Phi) is 7.44. The van der Waals surface area contributed by atoms with Gasteiger partial charge in [-0.15, -0.1) is 13.2 Å². The van der Waals surface area contributed by atoms with E-state index >= 15 is 0 Å². The minimum absolute atomic E-state index is 0.171. The van der Waals surface area contributed by atoms with Crippen LogP contribution in [0.2, 0.25) is 0 Å². The Morgan fingerprint density at radius 2 is 1.35 bits per heavy atom. The van der Waals surface area contributed by atoms with Gasteiger partial charge in [-0.1, -0.05) is 12.1 Å². The summed E-state index contributed by atoms with van der Waals surface area (Å²) in [5, 5.41) is 24.4. The molecule has 1 aromatic heterocycles. The number of phenolic OH excluding ortho intramolecular Hbond substituents is 1. The minimum Gasteiger partial charge on any atom is -0.508 e. The van der Waals surface area contributed by atoms with E-state index in [1.54, 1.807) is 19.1 Å². The summed E-state index contributed by atoms with van der Waals surface area (Å²) in [6.07, 6.45) is -5.97. The summed E-state index contributed by atoms with van der Waals surface area (Å²) < 4.78 is 43.6. The van der Waals surface area contributed by atoms with Gasteiger partial charge in [0.1, 0.15) is 17.3 Å². The third-order valence-corrected chi connectivity index (χ3v) is 6.81. The third kappa shape index (κ3) is 6.07. The molecule has 1 aliphatic rings. The first-order chi connectivity index (χ1) is 19.1. The molecular weight excluding hydrogens is 527 g/mol. The Labute approximate surface area is 227 Å². The molecule has 40 heavy (non-hydrogen) atoms. The zero-order valence-electron chi connectivity index (χ0n) is 21.6. The average Bonchev–Trinajstić information content (AvgIpc) is 3.21. The fourth-order valence-electron chi connectivity index (χ4n) is 4.79. The normalized spacial score (nSPS) is 14.8. The lowest BCUT2D eigenvalue weighted by molar-refractivity contribution is -0.274. The van der Waals surface area contributed by atoms with Crippen LogP contribution in [-0.2, 0) is 6.54 Å². The second-order valence-corrected chi connectivity index (χ2v) is 9.49. The lowest BCUT2D eigenvalue weighted by Gasteiger charge is -2.37. The number of benzene rings is 3. The number of aliphatic hydroxyl groups excluding tert-OH is 1. The molecule has 0 bridgehead atoms. The highest BCUT2D eigenvalue weighted by Crippen LogP contribution is 2.26. The van der Waals surface area contributed by atoms with Crippen LogP contribution in [0.15, 0.2) is 77.6 Å². The van der Waals surface area contributed by atoms with Gasteiger partial charge in [-0.05, 0) is 73.2 Å². The molecule has 3 aromatic carbocycles. The van der Waals surface area contributed by atoms with Gasteiger partial charge in [0.15, 0.2) is 0 Å². The molecule has 0 aliphatic carbocycles. The van der Waals surface area contributed by atoms with E-state index in [2.05, 4.69) is 19.6 Å². The van der Waals surface area contributed by atoms with Crippen LogP contribution in [0.25, 0.3) is 5.69 Å². The minimum atomic E-state index is -4.81. The number of hydrogen-bond acceptors (Lipinski definition) is 7. The summed E-state index contributed by atoms with van der Waals surface area (Å²) in [6, 6.07) is 19.6. The summed E-state index contributed by atoms with van der Waals surface area (Å²) in [5.41, 5.74) is 2.61. The van der Waals surface area contributed by atoms with Crippen molar-refractivity contribution in [1.29, 1.82) is 0 Å². The molecule has 0 spiro atoms. The van der Waals surface area contributed by atoms with E-state index in [4.69, 9.17) is 0 Å². The molecular formula is C28H28F3N5O4. The molecule has 5 rings (SSSR count). The predicted molar refractivity (Wildman–Crippen MR) is 143 cm³/mol. The molecule has 1 aliphatic heterocycles. The lowest BCUT2D eigenvalue weighted by atomic mass is 10.1. The van der Waals surface area contributed by atoms with E-state index in [9.17, 15) is 28.2 Å². The SMILES string of the molecule is Cc1nn(CC(O)c2ccc(OC(F)(F)F)cc2)c(=O)n1-c1ccc(N2CCN(c3ccc(O)cc3)CC2)cc1. The van der Waals surface area contributed by atoms with Crippen molar-refractivity contribution in [3.05, 3.63) is 94.7 Å². The van der Waals surface area contributed by atoms with Crippen LogP contribution in [0.5, 0.6) is 11.5 Å². The number of rotatable bonds is 7. The van der Waals surface area contributed by atoms with Crippen molar-refractivity contribution in [2.45, 2.75) is 25.9 Å². The number of aromatic nitrogens is 3. The Morgan fingerprint density at radius 3 is 1.88 bits per heavy atom. The maximum Gasteiger partial charge on any atom is 0.573 e. The molecule has 9 nitrogen and oxygen atoms in total. The Morgan fingerprint density at radius 1 is 0.850 bits per heavy atom. The monoisotopic (exact) mass is 555 g/mol. The van der Waals surface area contributed by atoms with E-state index in [1.807, 2.05) is 36.4 Å².